The van der Waals surface area contributed by atoms with E-state index in [4.69, 9.17) is 10.5 Å². The lowest BCUT2D eigenvalue weighted by atomic mass is 10.1. The van der Waals surface area contributed by atoms with Crippen LogP contribution in [0.1, 0.15) is 42.9 Å². The Balaban J connectivity index is 1.82. The van der Waals surface area contributed by atoms with Crippen LogP contribution in [0.2, 0.25) is 0 Å². The first-order chi connectivity index (χ1) is 9.20. The molecule has 2 aliphatic carbocycles. The van der Waals surface area contributed by atoms with E-state index in [0.717, 1.165) is 30.6 Å². The van der Waals surface area contributed by atoms with Crippen molar-refractivity contribution in [2.24, 2.45) is 5.73 Å². The molecule has 3 atom stereocenters. The SMILES string of the molecule is COc1ccc2c(c1)C(N)C(S(=O)C1CCCC1)C2. The van der Waals surface area contributed by atoms with Gasteiger partial charge in [-0.25, -0.2) is 0 Å². The molecule has 0 bridgehead atoms. The number of nitrogens with two attached hydrogens (primary N) is 1. The molecule has 1 aromatic rings. The lowest BCUT2D eigenvalue weighted by molar-refractivity contribution is 0.414. The maximum absolute atomic E-state index is 12.7. The van der Waals surface area contributed by atoms with Crippen molar-refractivity contribution in [1.82, 2.24) is 0 Å². The molecule has 0 amide bonds. The van der Waals surface area contributed by atoms with Crippen molar-refractivity contribution in [1.29, 1.82) is 0 Å². The first-order valence-corrected chi connectivity index (χ1v) is 8.30. The van der Waals surface area contributed by atoms with Crippen LogP contribution in [0.25, 0.3) is 0 Å². The molecule has 19 heavy (non-hydrogen) atoms. The number of hydrogen-bond donors (Lipinski definition) is 1. The van der Waals surface area contributed by atoms with Crippen LogP contribution in [0.15, 0.2) is 18.2 Å². The van der Waals surface area contributed by atoms with Crippen molar-refractivity contribution in [2.75, 3.05) is 7.11 Å². The molecule has 1 fully saturated rings. The van der Waals surface area contributed by atoms with E-state index < -0.39 is 10.8 Å². The Kier molecular flexibility index (Phi) is 3.63. The molecule has 0 saturated heterocycles. The number of fused-ring (bicyclic) bond motifs is 1. The number of ether oxygens (including phenoxy) is 1. The number of hydrogen-bond acceptors (Lipinski definition) is 3. The maximum atomic E-state index is 12.7. The maximum Gasteiger partial charge on any atom is 0.119 e. The Morgan fingerprint density at radius 2 is 2.05 bits per heavy atom. The second kappa shape index (κ2) is 5.25. The van der Waals surface area contributed by atoms with Gasteiger partial charge in [0.15, 0.2) is 0 Å². The van der Waals surface area contributed by atoms with Crippen LogP contribution in [0, 0.1) is 0 Å². The first-order valence-electron chi connectivity index (χ1n) is 7.02. The largest absolute Gasteiger partial charge is 0.497 e. The third-order valence-electron chi connectivity index (χ3n) is 4.46. The fraction of sp³-hybridized carbons (Fsp3) is 0.600. The van der Waals surface area contributed by atoms with Gasteiger partial charge in [-0.2, -0.15) is 0 Å². The Bertz CT molecular complexity index is 497. The Hall–Kier alpha value is -0.870. The molecule has 104 valence electrons. The molecule has 3 unspecified atom stereocenters. The van der Waals surface area contributed by atoms with Crippen molar-refractivity contribution in [3.8, 4) is 5.75 Å². The highest BCUT2D eigenvalue weighted by Gasteiger charge is 2.37. The number of rotatable bonds is 3. The van der Waals surface area contributed by atoms with Gasteiger partial charge in [-0.05, 0) is 42.5 Å². The highest BCUT2D eigenvalue weighted by atomic mass is 32.2. The second-order valence-electron chi connectivity index (χ2n) is 5.57. The van der Waals surface area contributed by atoms with Crippen molar-refractivity contribution < 1.29 is 8.95 Å². The molecule has 2 N–H and O–H groups in total. The van der Waals surface area contributed by atoms with E-state index in [-0.39, 0.29) is 11.3 Å². The number of benzene rings is 1. The highest BCUT2D eigenvalue weighted by Crippen LogP contribution is 2.38. The van der Waals surface area contributed by atoms with Gasteiger partial charge in [-0.3, -0.25) is 4.21 Å². The fourth-order valence-electron chi connectivity index (χ4n) is 3.33. The van der Waals surface area contributed by atoms with Gasteiger partial charge in [-0.15, -0.1) is 0 Å². The van der Waals surface area contributed by atoms with Gasteiger partial charge < -0.3 is 10.5 Å². The van der Waals surface area contributed by atoms with E-state index in [1.807, 2.05) is 12.1 Å². The van der Waals surface area contributed by atoms with Gasteiger partial charge in [0.05, 0.1) is 12.4 Å². The summed E-state index contributed by atoms with van der Waals surface area (Å²) in [6.07, 6.45) is 5.51. The summed E-state index contributed by atoms with van der Waals surface area (Å²) >= 11 is 0. The molecule has 2 aliphatic rings. The molecule has 1 saturated carbocycles. The molecule has 4 heteroatoms. The molecule has 3 nitrogen and oxygen atoms in total. The second-order valence-corrected chi connectivity index (χ2v) is 7.50. The summed E-state index contributed by atoms with van der Waals surface area (Å²) in [5.41, 5.74) is 8.70. The van der Waals surface area contributed by atoms with Gasteiger partial charge in [-0.1, -0.05) is 18.9 Å². The molecule has 1 aromatic carbocycles. The van der Waals surface area contributed by atoms with E-state index in [0.29, 0.717) is 5.25 Å². The predicted octanol–water partition coefficient (Wildman–Crippen LogP) is 2.31. The van der Waals surface area contributed by atoms with Crippen LogP contribution in [-0.4, -0.2) is 21.8 Å². The average molecular weight is 279 g/mol. The lowest BCUT2D eigenvalue weighted by Gasteiger charge is -2.19. The Morgan fingerprint density at radius 3 is 2.74 bits per heavy atom. The minimum Gasteiger partial charge on any atom is -0.497 e. The summed E-state index contributed by atoms with van der Waals surface area (Å²) in [6, 6.07) is 5.93. The minimum absolute atomic E-state index is 0.0882. The molecular weight excluding hydrogens is 258 g/mol. The Morgan fingerprint density at radius 1 is 1.32 bits per heavy atom. The van der Waals surface area contributed by atoms with Gasteiger partial charge in [0.2, 0.25) is 0 Å². The van der Waals surface area contributed by atoms with E-state index >= 15 is 0 Å². The molecular formula is C15H21NO2S. The standard InChI is InChI=1S/C15H21NO2S/c1-18-11-7-6-10-8-14(15(16)13(10)9-11)19(17)12-4-2-3-5-12/h6-7,9,12,14-15H,2-5,8,16H2,1H3. The molecule has 0 spiro atoms. The zero-order valence-electron chi connectivity index (χ0n) is 11.3. The minimum atomic E-state index is -0.801. The van der Waals surface area contributed by atoms with Crippen LogP contribution in [0.4, 0.5) is 0 Å². The normalized spacial score (nSPS) is 28.3. The molecule has 0 aromatic heterocycles. The van der Waals surface area contributed by atoms with Gasteiger partial charge >= 0.3 is 0 Å². The smallest absolute Gasteiger partial charge is 0.119 e. The zero-order valence-corrected chi connectivity index (χ0v) is 12.1. The van der Waals surface area contributed by atoms with Crippen LogP contribution in [-0.2, 0) is 17.2 Å². The summed E-state index contributed by atoms with van der Waals surface area (Å²) in [5, 5.41) is 0.456. The monoisotopic (exact) mass is 279 g/mol. The predicted molar refractivity (Wildman–Crippen MR) is 77.8 cm³/mol. The topological polar surface area (TPSA) is 52.3 Å². The third-order valence-corrected chi connectivity index (χ3v) is 6.65. The van der Waals surface area contributed by atoms with Crippen LogP contribution in [0.3, 0.4) is 0 Å². The highest BCUT2D eigenvalue weighted by molar-refractivity contribution is 7.86. The van der Waals surface area contributed by atoms with Crippen LogP contribution < -0.4 is 10.5 Å². The summed E-state index contributed by atoms with van der Waals surface area (Å²) in [7, 11) is 0.862. The molecule has 0 aliphatic heterocycles. The summed E-state index contributed by atoms with van der Waals surface area (Å²) in [5.74, 6) is 0.835. The van der Waals surface area contributed by atoms with Crippen molar-refractivity contribution in [3.05, 3.63) is 29.3 Å². The van der Waals surface area contributed by atoms with Crippen LogP contribution in [0.5, 0.6) is 5.75 Å². The van der Waals surface area contributed by atoms with E-state index in [2.05, 4.69) is 6.07 Å². The van der Waals surface area contributed by atoms with E-state index in [1.54, 1.807) is 7.11 Å². The summed E-state index contributed by atoms with van der Waals surface area (Å²) in [4.78, 5) is 0. The average Bonchev–Trinajstić information content (AvgIpc) is 3.06. The quantitative estimate of drug-likeness (QED) is 0.923. The van der Waals surface area contributed by atoms with Crippen molar-refractivity contribution in [3.63, 3.8) is 0 Å². The van der Waals surface area contributed by atoms with Crippen LogP contribution >= 0.6 is 0 Å². The van der Waals surface area contributed by atoms with Crippen molar-refractivity contribution >= 4 is 10.8 Å². The first kappa shape index (κ1) is 13.1. The molecule has 0 heterocycles. The van der Waals surface area contributed by atoms with Gasteiger partial charge in [0, 0.05) is 22.1 Å². The van der Waals surface area contributed by atoms with E-state index in [1.165, 1.54) is 18.4 Å². The van der Waals surface area contributed by atoms with Gasteiger partial charge in [0.25, 0.3) is 0 Å². The fourth-order valence-corrected chi connectivity index (χ4v) is 5.41. The van der Waals surface area contributed by atoms with E-state index in [9.17, 15) is 4.21 Å². The summed E-state index contributed by atoms with van der Waals surface area (Å²) in [6.45, 7) is 0. The summed E-state index contributed by atoms with van der Waals surface area (Å²) < 4.78 is 17.9. The number of methoxy groups -OCH3 is 1. The lowest BCUT2D eigenvalue weighted by Crippen LogP contribution is -2.31. The molecule has 3 rings (SSSR count). The third kappa shape index (κ3) is 2.32. The van der Waals surface area contributed by atoms with Gasteiger partial charge in [0.1, 0.15) is 5.75 Å². The Labute approximate surface area is 117 Å². The molecule has 0 radical (unpaired) electrons. The van der Waals surface area contributed by atoms with Crippen molar-refractivity contribution in [2.45, 2.75) is 48.6 Å². The zero-order chi connectivity index (χ0) is 13.4.